The lowest BCUT2D eigenvalue weighted by atomic mass is 10.0. The van der Waals surface area contributed by atoms with Crippen LogP contribution in [0.15, 0.2) is 18.2 Å². The molecule has 1 aromatic carbocycles. The molecule has 2 rings (SSSR count). The Kier molecular flexibility index (Phi) is 4.50. The zero-order valence-corrected chi connectivity index (χ0v) is 11.3. The van der Waals surface area contributed by atoms with E-state index < -0.39 is 11.6 Å². The smallest absolute Gasteiger partial charge is 0.128 e. The maximum absolute atomic E-state index is 13.9. The van der Waals surface area contributed by atoms with E-state index in [1.165, 1.54) is 6.07 Å². The number of nitrogens with zero attached hydrogens (tertiary/aromatic N) is 1. The highest BCUT2D eigenvalue weighted by molar-refractivity contribution is 5.23. The van der Waals surface area contributed by atoms with Crippen molar-refractivity contribution < 1.29 is 13.5 Å². The minimum atomic E-state index is -0.441. The van der Waals surface area contributed by atoms with Crippen LogP contribution in [0.25, 0.3) is 0 Å². The highest BCUT2D eigenvalue weighted by atomic mass is 19.1. The number of hydrogen-bond donors (Lipinski definition) is 1. The van der Waals surface area contributed by atoms with Gasteiger partial charge in [-0.2, -0.15) is 0 Å². The fraction of sp³-hybridized carbons (Fsp3) is 0.571. The summed E-state index contributed by atoms with van der Waals surface area (Å²) in [5, 5.41) is 0. The summed E-state index contributed by atoms with van der Waals surface area (Å²) in [6, 6.07) is 3.19. The standard InChI is InChI=1S/C14H20F2N2O/c1-9-7-18(8-10(2)19-9)14(6-17)12-5-11(15)3-4-13(12)16/h3-5,9-10,14H,6-8,17H2,1-2H3/t9-,10+,14-/m1/s1. The van der Waals surface area contributed by atoms with Gasteiger partial charge in [0.2, 0.25) is 0 Å². The van der Waals surface area contributed by atoms with Gasteiger partial charge in [-0.3, -0.25) is 4.90 Å². The van der Waals surface area contributed by atoms with E-state index in [9.17, 15) is 8.78 Å². The lowest BCUT2D eigenvalue weighted by Crippen LogP contribution is -2.48. The van der Waals surface area contributed by atoms with Gasteiger partial charge in [-0.05, 0) is 32.0 Å². The molecule has 1 saturated heterocycles. The first-order chi connectivity index (χ1) is 9.01. The summed E-state index contributed by atoms with van der Waals surface area (Å²) in [6.07, 6.45) is 0.129. The zero-order valence-electron chi connectivity index (χ0n) is 11.3. The minimum absolute atomic E-state index is 0.0643. The molecule has 0 radical (unpaired) electrons. The maximum Gasteiger partial charge on any atom is 0.128 e. The van der Waals surface area contributed by atoms with E-state index in [2.05, 4.69) is 4.90 Å². The molecule has 0 amide bonds. The molecule has 1 aliphatic heterocycles. The second-order valence-electron chi connectivity index (χ2n) is 5.13. The van der Waals surface area contributed by atoms with Gasteiger partial charge in [-0.1, -0.05) is 0 Å². The Morgan fingerprint density at radius 2 is 1.95 bits per heavy atom. The van der Waals surface area contributed by atoms with Crippen molar-refractivity contribution in [3.63, 3.8) is 0 Å². The third-order valence-corrected chi connectivity index (χ3v) is 3.43. The Morgan fingerprint density at radius 3 is 2.53 bits per heavy atom. The molecule has 2 N–H and O–H groups in total. The number of nitrogens with two attached hydrogens (primary N) is 1. The number of morpholine rings is 1. The fourth-order valence-electron chi connectivity index (χ4n) is 2.71. The summed E-state index contributed by atoms with van der Waals surface area (Å²) in [7, 11) is 0. The van der Waals surface area contributed by atoms with Crippen molar-refractivity contribution in [2.24, 2.45) is 5.73 Å². The van der Waals surface area contributed by atoms with Crippen LogP contribution in [-0.2, 0) is 4.74 Å². The molecule has 0 unspecified atom stereocenters. The van der Waals surface area contributed by atoms with Crippen molar-refractivity contribution in [3.8, 4) is 0 Å². The van der Waals surface area contributed by atoms with Crippen LogP contribution in [0.3, 0.4) is 0 Å². The van der Waals surface area contributed by atoms with Crippen molar-refractivity contribution in [2.45, 2.75) is 32.1 Å². The Hall–Kier alpha value is -1.04. The Balaban J connectivity index is 2.26. The number of hydrogen-bond acceptors (Lipinski definition) is 3. The molecule has 0 aromatic heterocycles. The lowest BCUT2D eigenvalue weighted by Gasteiger charge is -2.40. The Labute approximate surface area is 112 Å². The van der Waals surface area contributed by atoms with Crippen LogP contribution < -0.4 is 5.73 Å². The van der Waals surface area contributed by atoms with Gasteiger partial charge in [0.15, 0.2) is 0 Å². The summed E-state index contributed by atoms with van der Waals surface area (Å²) in [4.78, 5) is 2.07. The van der Waals surface area contributed by atoms with E-state index in [0.717, 1.165) is 12.1 Å². The minimum Gasteiger partial charge on any atom is -0.373 e. The molecule has 0 bridgehead atoms. The molecule has 3 nitrogen and oxygen atoms in total. The number of benzene rings is 1. The first-order valence-electron chi connectivity index (χ1n) is 6.55. The lowest BCUT2D eigenvalue weighted by molar-refractivity contribution is -0.0802. The normalized spacial score (nSPS) is 26.4. The highest BCUT2D eigenvalue weighted by Gasteiger charge is 2.29. The molecule has 1 aromatic rings. The summed E-state index contributed by atoms with van der Waals surface area (Å²) < 4.78 is 32.8. The van der Waals surface area contributed by atoms with Crippen LogP contribution >= 0.6 is 0 Å². The second kappa shape index (κ2) is 5.94. The van der Waals surface area contributed by atoms with Crippen LogP contribution in [-0.4, -0.2) is 36.7 Å². The van der Waals surface area contributed by atoms with Gasteiger partial charge >= 0.3 is 0 Å². The topological polar surface area (TPSA) is 38.5 Å². The van der Waals surface area contributed by atoms with E-state index in [-0.39, 0.29) is 24.8 Å². The van der Waals surface area contributed by atoms with E-state index in [1.807, 2.05) is 13.8 Å². The third kappa shape index (κ3) is 3.29. The van der Waals surface area contributed by atoms with E-state index in [1.54, 1.807) is 0 Å². The van der Waals surface area contributed by atoms with Gasteiger partial charge in [0.1, 0.15) is 11.6 Å². The van der Waals surface area contributed by atoms with E-state index in [0.29, 0.717) is 18.7 Å². The average molecular weight is 270 g/mol. The number of halogens is 2. The molecule has 1 fully saturated rings. The van der Waals surface area contributed by atoms with Crippen LogP contribution in [0.1, 0.15) is 25.5 Å². The molecule has 3 atom stereocenters. The summed E-state index contributed by atoms with van der Waals surface area (Å²) >= 11 is 0. The van der Waals surface area contributed by atoms with E-state index >= 15 is 0 Å². The zero-order chi connectivity index (χ0) is 14.0. The van der Waals surface area contributed by atoms with Crippen LogP contribution in [0.5, 0.6) is 0 Å². The summed E-state index contributed by atoms with van der Waals surface area (Å²) in [6.45, 7) is 5.53. The average Bonchev–Trinajstić information content (AvgIpc) is 2.33. The SMILES string of the molecule is C[C@@H]1CN([C@H](CN)c2cc(F)ccc2F)C[C@H](C)O1. The largest absolute Gasteiger partial charge is 0.373 e. The quantitative estimate of drug-likeness (QED) is 0.914. The van der Waals surface area contributed by atoms with Crippen molar-refractivity contribution in [1.82, 2.24) is 4.90 Å². The molecule has 106 valence electrons. The van der Waals surface area contributed by atoms with Crippen molar-refractivity contribution in [3.05, 3.63) is 35.4 Å². The maximum atomic E-state index is 13.9. The Bertz CT molecular complexity index is 431. The van der Waals surface area contributed by atoms with Crippen molar-refractivity contribution in [2.75, 3.05) is 19.6 Å². The summed E-state index contributed by atoms with van der Waals surface area (Å²) in [5.41, 5.74) is 6.10. The van der Waals surface area contributed by atoms with Crippen LogP contribution in [0.4, 0.5) is 8.78 Å². The predicted molar refractivity (Wildman–Crippen MR) is 69.7 cm³/mol. The van der Waals surface area contributed by atoms with Gasteiger partial charge in [0, 0.05) is 25.2 Å². The molecule has 0 aliphatic carbocycles. The van der Waals surface area contributed by atoms with Gasteiger partial charge in [-0.15, -0.1) is 0 Å². The van der Waals surface area contributed by atoms with Gasteiger partial charge < -0.3 is 10.5 Å². The molecular formula is C14H20F2N2O. The first-order valence-corrected chi connectivity index (χ1v) is 6.55. The van der Waals surface area contributed by atoms with E-state index in [4.69, 9.17) is 10.5 Å². The molecule has 19 heavy (non-hydrogen) atoms. The highest BCUT2D eigenvalue weighted by Crippen LogP contribution is 2.26. The predicted octanol–water partition coefficient (Wildman–Crippen LogP) is 2.07. The van der Waals surface area contributed by atoms with Crippen molar-refractivity contribution in [1.29, 1.82) is 0 Å². The molecule has 1 aliphatic rings. The fourth-order valence-corrected chi connectivity index (χ4v) is 2.71. The molecule has 0 saturated carbocycles. The molecule has 1 heterocycles. The second-order valence-corrected chi connectivity index (χ2v) is 5.13. The number of ether oxygens (including phenoxy) is 1. The van der Waals surface area contributed by atoms with Crippen LogP contribution in [0.2, 0.25) is 0 Å². The monoisotopic (exact) mass is 270 g/mol. The Morgan fingerprint density at radius 1 is 1.32 bits per heavy atom. The van der Waals surface area contributed by atoms with Crippen molar-refractivity contribution >= 4 is 0 Å². The van der Waals surface area contributed by atoms with Gasteiger partial charge in [0.25, 0.3) is 0 Å². The first kappa shape index (κ1) is 14.4. The molecule has 5 heteroatoms. The van der Waals surface area contributed by atoms with Gasteiger partial charge in [-0.25, -0.2) is 8.78 Å². The number of rotatable bonds is 3. The molecule has 0 spiro atoms. The molecular weight excluding hydrogens is 250 g/mol. The summed E-state index contributed by atoms with van der Waals surface area (Å²) in [5.74, 6) is -0.854. The van der Waals surface area contributed by atoms with Gasteiger partial charge in [0.05, 0.1) is 18.2 Å². The third-order valence-electron chi connectivity index (χ3n) is 3.43. The van der Waals surface area contributed by atoms with Crippen LogP contribution in [0, 0.1) is 11.6 Å².